The van der Waals surface area contributed by atoms with Gasteiger partial charge in [0.05, 0.1) is 0 Å². The summed E-state index contributed by atoms with van der Waals surface area (Å²) in [6, 6.07) is 80.6. The van der Waals surface area contributed by atoms with Crippen molar-refractivity contribution in [2.24, 2.45) is 0 Å². The number of benzene rings is 10. The van der Waals surface area contributed by atoms with Gasteiger partial charge in [-0.25, -0.2) is 0 Å². The summed E-state index contributed by atoms with van der Waals surface area (Å²) in [7, 11) is 0. The summed E-state index contributed by atoms with van der Waals surface area (Å²) >= 11 is 0. The van der Waals surface area contributed by atoms with E-state index in [9.17, 15) is 0 Å². The van der Waals surface area contributed by atoms with Crippen LogP contribution in [0.1, 0.15) is 0 Å². The first-order valence-corrected chi connectivity index (χ1v) is 19.8. The van der Waals surface area contributed by atoms with Gasteiger partial charge in [0.15, 0.2) is 0 Å². The average Bonchev–Trinajstić information content (AvgIpc) is 3.70. The molecule has 0 spiro atoms. The first-order chi connectivity index (χ1) is 28.7. The predicted molar refractivity (Wildman–Crippen MR) is 245 cm³/mol. The molecule has 11 rings (SSSR count). The predicted octanol–water partition coefficient (Wildman–Crippen LogP) is 16.0. The maximum absolute atomic E-state index is 6.53. The van der Waals surface area contributed by atoms with E-state index in [0.717, 1.165) is 55.5 Å². The van der Waals surface area contributed by atoms with Crippen molar-refractivity contribution < 1.29 is 4.42 Å². The fraction of sp³-hybridized carbons (Fsp3) is 0. The van der Waals surface area contributed by atoms with Gasteiger partial charge in [0, 0.05) is 33.2 Å². The van der Waals surface area contributed by atoms with Gasteiger partial charge in [0.2, 0.25) is 0 Å². The molecule has 2 nitrogen and oxygen atoms in total. The monoisotopic (exact) mass is 739 g/mol. The largest absolute Gasteiger partial charge is 0.455 e. The number of fused-ring (bicyclic) bond motifs is 6. The molecule has 1 heterocycles. The Morgan fingerprint density at radius 1 is 0.293 bits per heavy atom. The second kappa shape index (κ2) is 14.1. The molecule has 0 fully saturated rings. The van der Waals surface area contributed by atoms with Crippen LogP contribution in [0, 0.1) is 0 Å². The molecule has 10 aromatic carbocycles. The summed E-state index contributed by atoms with van der Waals surface area (Å²) in [6.07, 6.45) is 0. The lowest BCUT2D eigenvalue weighted by atomic mass is 9.97. The van der Waals surface area contributed by atoms with Crippen LogP contribution >= 0.6 is 0 Å². The molecule has 0 bridgehead atoms. The van der Waals surface area contributed by atoms with E-state index in [2.05, 4.69) is 229 Å². The van der Waals surface area contributed by atoms with Gasteiger partial charge in [-0.15, -0.1) is 0 Å². The van der Waals surface area contributed by atoms with Crippen LogP contribution in [0.4, 0.5) is 17.1 Å². The van der Waals surface area contributed by atoms with Crippen LogP contribution in [-0.2, 0) is 0 Å². The molecule has 11 aromatic rings. The average molecular weight is 740 g/mol. The number of hydrogen-bond acceptors (Lipinski definition) is 2. The van der Waals surface area contributed by atoms with Crippen LogP contribution < -0.4 is 4.90 Å². The van der Waals surface area contributed by atoms with E-state index in [1.54, 1.807) is 0 Å². The molecule has 0 N–H and O–H groups in total. The van der Waals surface area contributed by atoms with Gasteiger partial charge in [-0.05, 0) is 115 Å². The first-order valence-electron chi connectivity index (χ1n) is 19.8. The maximum atomic E-state index is 6.53. The molecule has 0 aliphatic rings. The fourth-order valence-corrected chi connectivity index (χ4v) is 8.49. The van der Waals surface area contributed by atoms with E-state index in [-0.39, 0.29) is 0 Å². The molecule has 2 heteroatoms. The van der Waals surface area contributed by atoms with E-state index < -0.39 is 0 Å². The third kappa shape index (κ3) is 6.00. The van der Waals surface area contributed by atoms with E-state index in [4.69, 9.17) is 4.42 Å². The standard InChI is InChI=1S/C56H37NO/c1-2-9-38(10-3-1)40-17-19-41(20-18-40)42-23-30-48(31-24-42)57(49-32-25-43(26-33-49)47-22-21-39-11-4-5-13-46(39)37-47)50-34-27-45(28-35-50)51-15-8-16-54-55(51)53-36-29-44-12-6-7-14-52(44)56(53)58-54/h1-37H. The van der Waals surface area contributed by atoms with Gasteiger partial charge < -0.3 is 9.32 Å². The fourth-order valence-electron chi connectivity index (χ4n) is 8.49. The van der Waals surface area contributed by atoms with Gasteiger partial charge in [-0.2, -0.15) is 0 Å². The van der Waals surface area contributed by atoms with Crippen molar-refractivity contribution in [3.05, 3.63) is 224 Å². The minimum absolute atomic E-state index is 0.899. The molecule has 58 heavy (non-hydrogen) atoms. The SMILES string of the molecule is c1ccc(-c2ccc(-c3ccc(N(c4ccc(-c5ccc6ccccc6c5)cc4)c4ccc(-c5cccc6oc7c8ccccc8ccc7c56)cc4)cc3)cc2)cc1. The van der Waals surface area contributed by atoms with Crippen LogP contribution in [-0.4, -0.2) is 0 Å². The van der Waals surface area contributed by atoms with Crippen LogP contribution in [0.15, 0.2) is 229 Å². The topological polar surface area (TPSA) is 16.4 Å². The first kappa shape index (κ1) is 33.6. The zero-order valence-corrected chi connectivity index (χ0v) is 31.7. The summed E-state index contributed by atoms with van der Waals surface area (Å²) in [5.41, 5.74) is 14.6. The third-order valence-electron chi connectivity index (χ3n) is 11.5. The Hall–Kier alpha value is -7.68. The van der Waals surface area contributed by atoms with Gasteiger partial charge in [-0.1, -0.05) is 170 Å². The number of rotatable bonds is 7. The van der Waals surface area contributed by atoms with Crippen LogP contribution in [0.3, 0.4) is 0 Å². The molecular formula is C56H37NO. The van der Waals surface area contributed by atoms with Gasteiger partial charge >= 0.3 is 0 Å². The smallest absolute Gasteiger partial charge is 0.143 e. The highest BCUT2D eigenvalue weighted by Crippen LogP contribution is 2.42. The zero-order valence-electron chi connectivity index (χ0n) is 31.7. The van der Waals surface area contributed by atoms with Crippen LogP contribution in [0.2, 0.25) is 0 Å². The van der Waals surface area contributed by atoms with Gasteiger partial charge in [0.1, 0.15) is 11.2 Å². The normalized spacial score (nSPS) is 11.4. The number of nitrogens with zero attached hydrogens (tertiary/aromatic N) is 1. The summed E-state index contributed by atoms with van der Waals surface area (Å²) in [6.45, 7) is 0. The minimum Gasteiger partial charge on any atom is -0.455 e. The molecule has 0 aliphatic carbocycles. The van der Waals surface area contributed by atoms with E-state index in [1.807, 2.05) is 0 Å². The van der Waals surface area contributed by atoms with Crippen molar-refractivity contribution in [1.29, 1.82) is 0 Å². The summed E-state index contributed by atoms with van der Waals surface area (Å²) in [4.78, 5) is 2.34. The Morgan fingerprint density at radius 2 is 0.776 bits per heavy atom. The quantitative estimate of drug-likeness (QED) is 0.162. The molecule has 1 aromatic heterocycles. The van der Waals surface area contributed by atoms with Crippen molar-refractivity contribution in [2.75, 3.05) is 4.90 Å². The van der Waals surface area contributed by atoms with Gasteiger partial charge in [0.25, 0.3) is 0 Å². The Labute approximate surface area is 337 Å². The molecule has 0 aliphatic heterocycles. The molecule has 272 valence electrons. The van der Waals surface area contributed by atoms with E-state index in [0.29, 0.717) is 0 Å². The summed E-state index contributed by atoms with van der Waals surface area (Å²) < 4.78 is 6.53. The molecule has 0 saturated heterocycles. The Kier molecular flexibility index (Phi) is 8.19. The minimum atomic E-state index is 0.899. The van der Waals surface area contributed by atoms with Crippen molar-refractivity contribution in [3.8, 4) is 44.5 Å². The molecular weight excluding hydrogens is 703 g/mol. The Morgan fingerprint density at radius 3 is 1.43 bits per heavy atom. The van der Waals surface area contributed by atoms with Crippen molar-refractivity contribution in [2.45, 2.75) is 0 Å². The zero-order chi connectivity index (χ0) is 38.4. The Bertz CT molecular complexity index is 3230. The van der Waals surface area contributed by atoms with Crippen molar-refractivity contribution in [3.63, 3.8) is 0 Å². The highest BCUT2D eigenvalue weighted by Gasteiger charge is 2.17. The molecule has 0 radical (unpaired) electrons. The van der Waals surface area contributed by atoms with Crippen molar-refractivity contribution >= 4 is 60.5 Å². The number of anilines is 3. The number of furan rings is 1. The second-order valence-corrected chi connectivity index (χ2v) is 14.9. The lowest BCUT2D eigenvalue weighted by molar-refractivity contribution is 0.673. The third-order valence-corrected chi connectivity index (χ3v) is 11.5. The molecule has 0 atom stereocenters. The number of hydrogen-bond donors (Lipinski definition) is 0. The van der Waals surface area contributed by atoms with Crippen LogP contribution in [0.25, 0.3) is 88.0 Å². The summed E-state index contributed by atoms with van der Waals surface area (Å²) in [5, 5.41) is 7.09. The maximum Gasteiger partial charge on any atom is 0.143 e. The lowest BCUT2D eigenvalue weighted by Gasteiger charge is -2.26. The molecule has 0 saturated carbocycles. The summed E-state index contributed by atoms with van der Waals surface area (Å²) in [5.74, 6) is 0. The molecule has 0 unspecified atom stereocenters. The lowest BCUT2D eigenvalue weighted by Crippen LogP contribution is -2.09. The van der Waals surface area contributed by atoms with E-state index >= 15 is 0 Å². The van der Waals surface area contributed by atoms with Crippen LogP contribution in [0.5, 0.6) is 0 Å². The van der Waals surface area contributed by atoms with Crippen molar-refractivity contribution in [1.82, 2.24) is 0 Å². The van der Waals surface area contributed by atoms with E-state index in [1.165, 1.54) is 49.5 Å². The Balaban J connectivity index is 0.969. The highest BCUT2D eigenvalue weighted by molar-refractivity contribution is 6.19. The van der Waals surface area contributed by atoms with Gasteiger partial charge in [-0.3, -0.25) is 0 Å². The second-order valence-electron chi connectivity index (χ2n) is 14.9. The molecule has 0 amide bonds. The highest BCUT2D eigenvalue weighted by atomic mass is 16.3.